The van der Waals surface area contributed by atoms with Crippen LogP contribution in [0.5, 0.6) is 0 Å². The summed E-state index contributed by atoms with van der Waals surface area (Å²) in [6.07, 6.45) is 3.08. The largest absolute Gasteiger partial charge is 0.300 e. The first-order chi connectivity index (χ1) is 5.86. The summed E-state index contributed by atoms with van der Waals surface area (Å²) in [5, 5.41) is 13.7. The Labute approximate surface area is 69.6 Å². The van der Waals surface area contributed by atoms with Gasteiger partial charge in [0.15, 0.2) is 5.82 Å². The molecule has 0 aromatic carbocycles. The summed E-state index contributed by atoms with van der Waals surface area (Å²) >= 11 is 0. The maximum absolute atomic E-state index is 10.9. The minimum atomic E-state index is 0.335. The van der Waals surface area contributed by atoms with Crippen LogP contribution in [-0.4, -0.2) is 26.4 Å². The predicted molar refractivity (Wildman–Crippen MR) is 40.4 cm³/mol. The van der Waals surface area contributed by atoms with Gasteiger partial charge < -0.3 is 0 Å². The van der Waals surface area contributed by atoms with Gasteiger partial charge in [-0.3, -0.25) is 4.79 Å². The highest BCUT2D eigenvalue weighted by atomic mass is 16.1. The number of hydrogen-bond acceptors (Lipinski definition) is 4. The Morgan fingerprint density at radius 1 is 1.33 bits per heavy atom. The van der Waals surface area contributed by atoms with Crippen molar-refractivity contribution in [2.24, 2.45) is 0 Å². The maximum atomic E-state index is 10.9. The van der Waals surface area contributed by atoms with Crippen LogP contribution in [0.3, 0.4) is 0 Å². The van der Waals surface area contributed by atoms with E-state index in [0.29, 0.717) is 24.5 Å². The average molecular weight is 166 g/mol. The molecule has 2 rings (SSSR count). The van der Waals surface area contributed by atoms with Gasteiger partial charge in [0.25, 0.3) is 0 Å². The minimum absolute atomic E-state index is 0.335. The summed E-state index contributed by atoms with van der Waals surface area (Å²) < 4.78 is 0. The molecule has 0 amide bonds. The third-order valence-corrected chi connectivity index (χ3v) is 2.27. The van der Waals surface area contributed by atoms with E-state index in [-0.39, 0.29) is 0 Å². The van der Waals surface area contributed by atoms with E-state index in [2.05, 4.69) is 20.6 Å². The van der Waals surface area contributed by atoms with Crippen LogP contribution in [0.15, 0.2) is 0 Å². The number of hydrogen-bond donors (Lipinski definition) is 1. The molecule has 64 valence electrons. The van der Waals surface area contributed by atoms with E-state index in [4.69, 9.17) is 0 Å². The number of nitrogens with zero attached hydrogens (tertiary/aromatic N) is 3. The second-order valence-electron chi connectivity index (χ2n) is 3.08. The number of aromatic amines is 1. The minimum Gasteiger partial charge on any atom is -0.300 e. The van der Waals surface area contributed by atoms with Crippen molar-refractivity contribution < 1.29 is 4.79 Å². The summed E-state index contributed by atoms with van der Waals surface area (Å²) in [5.41, 5.74) is 0. The summed E-state index contributed by atoms with van der Waals surface area (Å²) in [6.45, 7) is 0. The van der Waals surface area contributed by atoms with E-state index in [1.165, 1.54) is 0 Å². The highest BCUT2D eigenvalue weighted by molar-refractivity contribution is 5.79. The highest BCUT2D eigenvalue weighted by Crippen LogP contribution is 2.27. The van der Waals surface area contributed by atoms with Crippen molar-refractivity contribution in [3.63, 3.8) is 0 Å². The van der Waals surface area contributed by atoms with E-state index in [1.807, 2.05) is 0 Å². The molecule has 0 aliphatic heterocycles. The van der Waals surface area contributed by atoms with Crippen LogP contribution in [0.4, 0.5) is 0 Å². The molecule has 0 bridgehead atoms. The van der Waals surface area contributed by atoms with Gasteiger partial charge in [-0.05, 0) is 12.8 Å². The molecule has 0 spiro atoms. The number of tetrazole rings is 1. The van der Waals surface area contributed by atoms with Gasteiger partial charge in [-0.15, -0.1) is 10.2 Å². The molecule has 1 N–H and O–H groups in total. The molecule has 12 heavy (non-hydrogen) atoms. The molecule has 1 aliphatic carbocycles. The molecule has 0 radical (unpaired) electrons. The summed E-state index contributed by atoms with van der Waals surface area (Å²) in [5.74, 6) is 1.44. The van der Waals surface area contributed by atoms with E-state index in [0.717, 1.165) is 18.7 Å². The molecule has 1 aromatic heterocycles. The Kier molecular flexibility index (Phi) is 1.85. The lowest BCUT2D eigenvalue weighted by Gasteiger charge is -2.16. The molecular formula is C7H10N4O. The first-order valence-electron chi connectivity index (χ1n) is 4.11. The van der Waals surface area contributed by atoms with Crippen LogP contribution < -0.4 is 0 Å². The fraction of sp³-hybridized carbons (Fsp3) is 0.714. The summed E-state index contributed by atoms with van der Waals surface area (Å²) in [4.78, 5) is 10.9. The van der Waals surface area contributed by atoms with Crippen molar-refractivity contribution in [2.75, 3.05) is 0 Å². The standard InChI is InChI=1S/C7H10N4O/c12-6-3-1-5(2-4-6)7-8-10-11-9-7/h5H,1-4H2,(H,8,9,10,11). The Hall–Kier alpha value is -1.26. The quantitative estimate of drug-likeness (QED) is 0.656. The van der Waals surface area contributed by atoms with E-state index >= 15 is 0 Å². The molecule has 1 heterocycles. The van der Waals surface area contributed by atoms with Crippen molar-refractivity contribution in [3.05, 3.63) is 5.82 Å². The third-order valence-electron chi connectivity index (χ3n) is 2.27. The molecule has 0 atom stereocenters. The lowest BCUT2D eigenvalue weighted by molar-refractivity contribution is -0.120. The van der Waals surface area contributed by atoms with Crippen LogP contribution in [0.1, 0.15) is 37.4 Å². The molecule has 1 fully saturated rings. The zero-order valence-corrected chi connectivity index (χ0v) is 6.66. The number of aromatic nitrogens is 4. The predicted octanol–water partition coefficient (Wildman–Crippen LogP) is 0.426. The highest BCUT2D eigenvalue weighted by Gasteiger charge is 2.22. The van der Waals surface area contributed by atoms with Crippen LogP contribution in [0.2, 0.25) is 0 Å². The van der Waals surface area contributed by atoms with Crippen molar-refractivity contribution in [1.82, 2.24) is 20.6 Å². The second-order valence-corrected chi connectivity index (χ2v) is 3.08. The lowest BCUT2D eigenvalue weighted by atomic mass is 9.88. The van der Waals surface area contributed by atoms with Gasteiger partial charge >= 0.3 is 0 Å². The van der Waals surface area contributed by atoms with Crippen LogP contribution in [0.25, 0.3) is 0 Å². The first-order valence-corrected chi connectivity index (χ1v) is 4.11. The normalized spacial score (nSPS) is 19.8. The third kappa shape index (κ3) is 1.34. The number of H-pyrrole nitrogens is 1. The van der Waals surface area contributed by atoms with Crippen LogP contribution in [-0.2, 0) is 4.79 Å². The van der Waals surface area contributed by atoms with E-state index in [1.54, 1.807) is 0 Å². The molecule has 0 saturated heterocycles. The first kappa shape index (κ1) is 7.39. The Morgan fingerprint density at radius 3 is 2.67 bits per heavy atom. The Morgan fingerprint density at radius 2 is 2.08 bits per heavy atom. The van der Waals surface area contributed by atoms with Crippen molar-refractivity contribution in [1.29, 1.82) is 0 Å². The van der Waals surface area contributed by atoms with Gasteiger partial charge in [-0.2, -0.15) is 5.21 Å². The molecule has 1 aliphatic rings. The van der Waals surface area contributed by atoms with Crippen molar-refractivity contribution >= 4 is 5.78 Å². The number of nitrogens with one attached hydrogen (secondary N) is 1. The van der Waals surface area contributed by atoms with Gasteiger partial charge in [0.05, 0.1) is 0 Å². The zero-order valence-electron chi connectivity index (χ0n) is 6.66. The molecule has 5 heteroatoms. The van der Waals surface area contributed by atoms with Crippen molar-refractivity contribution in [3.8, 4) is 0 Å². The Balaban J connectivity index is 2.03. The van der Waals surface area contributed by atoms with Gasteiger partial charge in [0.1, 0.15) is 5.78 Å². The molecule has 0 unspecified atom stereocenters. The van der Waals surface area contributed by atoms with Gasteiger partial charge in [0, 0.05) is 18.8 Å². The second kappa shape index (κ2) is 3.00. The SMILES string of the molecule is O=C1CCC(c2nn[nH]n2)CC1. The lowest BCUT2D eigenvalue weighted by Crippen LogP contribution is -2.13. The van der Waals surface area contributed by atoms with E-state index in [9.17, 15) is 4.79 Å². The van der Waals surface area contributed by atoms with Gasteiger partial charge in [-0.25, -0.2) is 0 Å². The number of Topliss-reactive ketones (excluding diaryl/α,β-unsaturated/α-hetero) is 1. The fourth-order valence-electron chi connectivity index (χ4n) is 1.54. The van der Waals surface area contributed by atoms with Crippen LogP contribution in [0, 0.1) is 0 Å². The number of carbonyl (C=O) groups is 1. The van der Waals surface area contributed by atoms with Gasteiger partial charge in [0.2, 0.25) is 0 Å². The fourth-order valence-corrected chi connectivity index (χ4v) is 1.54. The zero-order chi connectivity index (χ0) is 8.39. The van der Waals surface area contributed by atoms with Crippen LogP contribution >= 0.6 is 0 Å². The van der Waals surface area contributed by atoms with Crippen molar-refractivity contribution in [2.45, 2.75) is 31.6 Å². The number of ketones is 1. The maximum Gasteiger partial charge on any atom is 0.177 e. The molecular weight excluding hydrogens is 156 g/mol. The van der Waals surface area contributed by atoms with Gasteiger partial charge in [-0.1, -0.05) is 5.21 Å². The summed E-state index contributed by atoms with van der Waals surface area (Å²) in [7, 11) is 0. The number of rotatable bonds is 1. The smallest absolute Gasteiger partial charge is 0.177 e. The average Bonchev–Trinajstić information content (AvgIpc) is 2.58. The molecule has 1 saturated carbocycles. The molecule has 5 nitrogen and oxygen atoms in total. The topological polar surface area (TPSA) is 71.5 Å². The monoisotopic (exact) mass is 166 g/mol. The summed E-state index contributed by atoms with van der Waals surface area (Å²) in [6, 6.07) is 0. The number of carbonyl (C=O) groups excluding carboxylic acids is 1. The van der Waals surface area contributed by atoms with E-state index < -0.39 is 0 Å². The molecule has 1 aromatic rings. The Bertz CT molecular complexity index is 259.